The van der Waals surface area contributed by atoms with Gasteiger partial charge in [0.2, 0.25) is 11.8 Å². The predicted molar refractivity (Wildman–Crippen MR) is 145 cm³/mol. The number of carbonyl (C=O) groups excluding carboxylic acids is 3. The van der Waals surface area contributed by atoms with Gasteiger partial charge in [-0.05, 0) is 41.7 Å². The molecule has 1 saturated heterocycles. The third kappa shape index (κ3) is 5.31. The molecule has 0 unspecified atom stereocenters. The first-order valence-corrected chi connectivity index (χ1v) is 13.9. The normalized spacial score (nSPS) is 19.5. The van der Waals surface area contributed by atoms with E-state index in [4.69, 9.17) is 0 Å². The molecule has 204 valence electrons. The number of rotatable bonds is 7. The van der Waals surface area contributed by atoms with E-state index < -0.39 is 35.8 Å². The lowest BCUT2D eigenvalue weighted by Gasteiger charge is -2.35. The molecule has 3 amide bonds. The van der Waals surface area contributed by atoms with Crippen LogP contribution in [0.5, 0.6) is 0 Å². The minimum atomic E-state index is -0.856. The molecule has 0 spiro atoms. The Kier molecular flexibility index (Phi) is 7.51. The highest BCUT2D eigenvalue weighted by molar-refractivity contribution is 7.13. The van der Waals surface area contributed by atoms with Crippen molar-refractivity contribution in [1.29, 1.82) is 0 Å². The summed E-state index contributed by atoms with van der Waals surface area (Å²) in [5, 5.41) is 13.3. The lowest BCUT2D eigenvalue weighted by atomic mass is 10.0. The van der Waals surface area contributed by atoms with E-state index in [-0.39, 0.29) is 43.4 Å². The standard InChI is InChI=1S/C29H31FN4O4S/c1-16(2)25(34-13-20-8-9-21(30)10-23(20)28(34)37)29(38)33-14-22(35)11-24(33)27(36)31-12-18-4-6-19(7-5-18)26-17(3)32-15-39-26/h4-10,15-16,22,24-25,35H,11-14H2,1-3H3,(H,31,36)/t22-,24+,25-/m1/s1. The van der Waals surface area contributed by atoms with Crippen LogP contribution in [0.4, 0.5) is 4.39 Å². The molecule has 2 aliphatic rings. The molecule has 5 rings (SSSR count). The fraction of sp³-hybridized carbons (Fsp3) is 0.379. The van der Waals surface area contributed by atoms with Crippen molar-refractivity contribution in [3.63, 3.8) is 0 Å². The third-order valence-corrected chi connectivity index (χ3v) is 8.39. The Morgan fingerprint density at radius 3 is 2.62 bits per heavy atom. The molecular weight excluding hydrogens is 519 g/mol. The van der Waals surface area contributed by atoms with Gasteiger partial charge >= 0.3 is 0 Å². The first-order chi connectivity index (χ1) is 18.6. The summed E-state index contributed by atoms with van der Waals surface area (Å²) in [7, 11) is 0. The Labute approximate surface area is 230 Å². The Balaban J connectivity index is 1.28. The van der Waals surface area contributed by atoms with Gasteiger partial charge in [-0.1, -0.05) is 44.2 Å². The van der Waals surface area contributed by atoms with Crippen molar-refractivity contribution in [2.45, 2.75) is 58.5 Å². The number of likely N-dealkylation sites (tertiary alicyclic amines) is 1. The number of halogens is 1. The van der Waals surface area contributed by atoms with Crippen LogP contribution in [0, 0.1) is 18.7 Å². The van der Waals surface area contributed by atoms with Gasteiger partial charge in [0.25, 0.3) is 5.91 Å². The average Bonchev–Trinajstić information content (AvgIpc) is 3.60. The molecule has 3 heterocycles. The topological polar surface area (TPSA) is 103 Å². The van der Waals surface area contributed by atoms with Crippen LogP contribution in [0.15, 0.2) is 48.0 Å². The smallest absolute Gasteiger partial charge is 0.255 e. The summed E-state index contributed by atoms with van der Waals surface area (Å²) in [5.41, 5.74) is 5.65. The second kappa shape index (κ2) is 10.9. The zero-order chi connectivity index (χ0) is 27.8. The van der Waals surface area contributed by atoms with Gasteiger partial charge in [-0.15, -0.1) is 11.3 Å². The van der Waals surface area contributed by atoms with Gasteiger partial charge in [0.05, 0.1) is 22.2 Å². The molecule has 2 aliphatic heterocycles. The third-order valence-electron chi connectivity index (χ3n) is 7.42. The molecule has 1 aromatic heterocycles. The number of nitrogens with one attached hydrogen (secondary N) is 1. The Morgan fingerprint density at radius 1 is 1.21 bits per heavy atom. The lowest BCUT2D eigenvalue weighted by Crippen LogP contribution is -2.55. The number of fused-ring (bicyclic) bond motifs is 1. The molecule has 1 fully saturated rings. The van der Waals surface area contributed by atoms with Crippen LogP contribution in [0.2, 0.25) is 0 Å². The number of hydrogen-bond acceptors (Lipinski definition) is 6. The quantitative estimate of drug-likeness (QED) is 0.469. The summed E-state index contributed by atoms with van der Waals surface area (Å²) >= 11 is 1.57. The minimum Gasteiger partial charge on any atom is -0.391 e. The van der Waals surface area contributed by atoms with Crippen LogP contribution in [0.3, 0.4) is 0 Å². The zero-order valence-corrected chi connectivity index (χ0v) is 22.9. The monoisotopic (exact) mass is 550 g/mol. The number of hydrogen-bond donors (Lipinski definition) is 2. The molecule has 8 nitrogen and oxygen atoms in total. The highest BCUT2D eigenvalue weighted by Crippen LogP contribution is 2.31. The van der Waals surface area contributed by atoms with Crippen LogP contribution in [-0.4, -0.2) is 62.3 Å². The van der Waals surface area contributed by atoms with Gasteiger partial charge in [-0.25, -0.2) is 9.37 Å². The maximum absolute atomic E-state index is 13.8. The molecule has 10 heteroatoms. The molecule has 2 aromatic carbocycles. The molecule has 3 atom stereocenters. The van der Waals surface area contributed by atoms with Gasteiger partial charge < -0.3 is 20.2 Å². The zero-order valence-electron chi connectivity index (χ0n) is 22.1. The van der Waals surface area contributed by atoms with Crippen LogP contribution in [0.1, 0.15) is 47.4 Å². The van der Waals surface area contributed by atoms with E-state index in [2.05, 4.69) is 10.3 Å². The van der Waals surface area contributed by atoms with E-state index in [1.54, 1.807) is 17.4 Å². The van der Waals surface area contributed by atoms with Crippen molar-refractivity contribution >= 4 is 29.1 Å². The Bertz CT molecular complexity index is 1410. The summed E-state index contributed by atoms with van der Waals surface area (Å²) in [6, 6.07) is 10.2. The average molecular weight is 551 g/mol. The number of benzene rings is 2. The highest BCUT2D eigenvalue weighted by atomic mass is 32.1. The second-order valence-corrected chi connectivity index (χ2v) is 11.4. The summed E-state index contributed by atoms with van der Waals surface area (Å²) < 4.78 is 13.8. The maximum atomic E-state index is 13.8. The Morgan fingerprint density at radius 2 is 1.95 bits per heavy atom. The number of thiazole rings is 1. The predicted octanol–water partition coefficient (Wildman–Crippen LogP) is 3.52. The second-order valence-electron chi connectivity index (χ2n) is 10.5. The number of β-amino-alcohol motifs (C(OH)–C–C–N with tert-alkyl or cyclic N) is 1. The Hall–Kier alpha value is -3.63. The molecule has 0 aliphatic carbocycles. The lowest BCUT2D eigenvalue weighted by molar-refractivity contribution is -0.143. The SMILES string of the molecule is Cc1ncsc1-c1ccc(CNC(=O)[C@@H]2C[C@@H](O)CN2C(=O)[C@@H](C(C)C)N2Cc3ccc(F)cc3C2=O)cc1. The van der Waals surface area contributed by atoms with Crippen LogP contribution in [-0.2, 0) is 22.7 Å². The largest absolute Gasteiger partial charge is 0.391 e. The van der Waals surface area contributed by atoms with Gasteiger partial charge in [-0.2, -0.15) is 0 Å². The molecular formula is C29H31FN4O4S. The van der Waals surface area contributed by atoms with E-state index >= 15 is 0 Å². The molecule has 3 aromatic rings. The number of amides is 3. The number of aromatic nitrogens is 1. The maximum Gasteiger partial charge on any atom is 0.255 e. The molecule has 39 heavy (non-hydrogen) atoms. The van der Waals surface area contributed by atoms with Gasteiger partial charge in [0.1, 0.15) is 17.9 Å². The van der Waals surface area contributed by atoms with E-state index in [0.717, 1.165) is 21.7 Å². The van der Waals surface area contributed by atoms with Gasteiger partial charge in [-0.3, -0.25) is 14.4 Å². The summed E-state index contributed by atoms with van der Waals surface area (Å²) in [6.45, 7) is 6.09. The first-order valence-electron chi connectivity index (χ1n) is 13.0. The van der Waals surface area contributed by atoms with E-state index in [9.17, 15) is 23.9 Å². The fourth-order valence-electron chi connectivity index (χ4n) is 5.43. The van der Waals surface area contributed by atoms with Gasteiger partial charge in [0, 0.05) is 31.6 Å². The number of carbonyl (C=O) groups is 3. The van der Waals surface area contributed by atoms with E-state index in [1.165, 1.54) is 21.9 Å². The fourth-order valence-corrected chi connectivity index (χ4v) is 6.25. The molecule has 0 radical (unpaired) electrons. The molecule has 0 bridgehead atoms. The van der Waals surface area contributed by atoms with Crippen molar-refractivity contribution in [2.24, 2.45) is 5.92 Å². The number of aliphatic hydroxyl groups excluding tert-OH is 1. The number of aryl methyl sites for hydroxylation is 1. The van der Waals surface area contributed by atoms with Gasteiger partial charge in [0.15, 0.2) is 0 Å². The minimum absolute atomic E-state index is 0.00659. The first kappa shape index (κ1) is 27.0. The number of aliphatic hydroxyl groups is 1. The van der Waals surface area contributed by atoms with Crippen molar-refractivity contribution in [3.8, 4) is 10.4 Å². The van der Waals surface area contributed by atoms with Crippen LogP contribution < -0.4 is 5.32 Å². The van der Waals surface area contributed by atoms with Crippen LogP contribution in [0.25, 0.3) is 10.4 Å². The summed E-state index contributed by atoms with van der Waals surface area (Å²) in [5.74, 6) is -1.93. The van der Waals surface area contributed by atoms with Crippen LogP contribution >= 0.6 is 11.3 Å². The van der Waals surface area contributed by atoms with E-state index in [1.807, 2.05) is 50.5 Å². The van der Waals surface area contributed by atoms with Crippen molar-refractivity contribution in [1.82, 2.24) is 20.1 Å². The van der Waals surface area contributed by atoms with Crippen molar-refractivity contribution in [3.05, 3.63) is 76.2 Å². The molecule has 0 saturated carbocycles. The highest BCUT2D eigenvalue weighted by Gasteiger charge is 2.45. The number of nitrogens with zero attached hydrogens (tertiary/aromatic N) is 3. The van der Waals surface area contributed by atoms with E-state index in [0.29, 0.717) is 5.56 Å². The summed E-state index contributed by atoms with van der Waals surface area (Å²) in [4.78, 5) is 48.4. The van der Waals surface area contributed by atoms with Crippen molar-refractivity contribution in [2.75, 3.05) is 6.54 Å². The molecule has 2 N–H and O–H groups in total. The summed E-state index contributed by atoms with van der Waals surface area (Å²) in [6.07, 6.45) is -0.731. The van der Waals surface area contributed by atoms with Crippen molar-refractivity contribution < 1.29 is 23.9 Å².